The third-order valence-electron chi connectivity index (χ3n) is 4.29. The van der Waals surface area contributed by atoms with E-state index in [2.05, 4.69) is 20.0 Å². The number of nitrogens with zero attached hydrogens (tertiary/aromatic N) is 3. The molecule has 2 saturated heterocycles. The number of aromatic nitrogens is 1. The molecular weight excluding hydrogens is 292 g/mol. The molecule has 3 N–H and O–H groups in total. The van der Waals surface area contributed by atoms with Gasteiger partial charge in [-0.2, -0.15) is 0 Å². The van der Waals surface area contributed by atoms with Crippen LogP contribution in [-0.4, -0.2) is 54.3 Å². The molecule has 114 valence electrons. The van der Waals surface area contributed by atoms with E-state index in [4.69, 9.17) is 11.3 Å². The first kappa shape index (κ1) is 16.0. The molecule has 7 heteroatoms. The van der Waals surface area contributed by atoms with Crippen LogP contribution in [-0.2, 0) is 0 Å². The normalized spacial score (nSPS) is 25.2. The summed E-state index contributed by atoms with van der Waals surface area (Å²) in [5.74, 6) is 1.26. The first-order valence-electron chi connectivity index (χ1n) is 6.86. The molecule has 2 aliphatic rings. The number of β-amino-alcohol motifs (C(OH)–C–C–N with tert-alkyl or cyclic N) is 1. The second kappa shape index (κ2) is 6.58. The predicted octanol–water partition coefficient (Wildman–Crippen LogP) is -3.44. The lowest BCUT2D eigenvalue weighted by Crippen LogP contribution is -3.02. The Hall–Kier alpha value is -1.39. The quantitative estimate of drug-likeness (QED) is 0.568. The average molecular weight is 311 g/mol. The largest absolute Gasteiger partial charge is 1.00 e. The van der Waals surface area contributed by atoms with Crippen molar-refractivity contribution in [2.75, 3.05) is 33.3 Å². The molecule has 2 aliphatic heterocycles. The molecular formula is C14H19ClN4O2. The van der Waals surface area contributed by atoms with Crippen molar-refractivity contribution in [2.45, 2.75) is 12.1 Å². The minimum Gasteiger partial charge on any atom is -1.00 e. The first-order chi connectivity index (χ1) is 9.71. The molecule has 0 bridgehead atoms. The summed E-state index contributed by atoms with van der Waals surface area (Å²) < 4.78 is 5.16. The molecule has 0 aromatic carbocycles. The van der Waals surface area contributed by atoms with E-state index in [1.165, 1.54) is 19.9 Å². The molecule has 0 saturated carbocycles. The molecule has 0 spiro atoms. The van der Waals surface area contributed by atoms with E-state index in [-0.39, 0.29) is 12.4 Å². The van der Waals surface area contributed by atoms with Gasteiger partial charge in [-0.15, -0.1) is 0 Å². The van der Waals surface area contributed by atoms with Gasteiger partial charge < -0.3 is 27.6 Å². The van der Waals surface area contributed by atoms with Crippen molar-refractivity contribution in [2.24, 2.45) is 5.92 Å². The highest BCUT2D eigenvalue weighted by molar-refractivity contribution is 5.56. The van der Waals surface area contributed by atoms with Crippen molar-refractivity contribution < 1.29 is 27.6 Å². The molecule has 3 atom stereocenters. The zero-order valence-corrected chi connectivity index (χ0v) is 12.6. The second-order valence-electron chi connectivity index (χ2n) is 5.52. The van der Waals surface area contributed by atoms with Gasteiger partial charge in [-0.1, -0.05) is 0 Å². The lowest BCUT2D eigenvalue weighted by molar-refractivity contribution is -0.753. The molecule has 2 fully saturated rings. The summed E-state index contributed by atoms with van der Waals surface area (Å²) in [4.78, 5) is 9.81. The Kier molecular flexibility index (Phi) is 5.01. The number of hydrogen-bond acceptors (Lipinski definition) is 4. The number of aliphatic hydroxyl groups is 1. The van der Waals surface area contributed by atoms with Gasteiger partial charge in [-0.05, 0) is 6.07 Å². The highest BCUT2D eigenvalue weighted by Gasteiger charge is 2.43. The Morgan fingerprint density at radius 2 is 2.43 bits per heavy atom. The molecule has 1 aromatic rings. The standard InChI is InChI=1S/C14H18N4O2.ClH/c1-15-11-5-17-10(3-14(11)20-2)13(19)8-18-6-9-4-16-12(9)7-18;/h3,5,9,12-13,16,19H,4,6-8H2,2H3;1H/t9?,12?,13-;/m0./s1. The maximum Gasteiger partial charge on any atom is 0.245 e. The van der Waals surface area contributed by atoms with Crippen LogP contribution in [0.15, 0.2) is 12.3 Å². The van der Waals surface area contributed by atoms with Gasteiger partial charge in [0.05, 0.1) is 38.4 Å². The van der Waals surface area contributed by atoms with E-state index in [1.807, 2.05) is 0 Å². The molecule has 2 unspecified atom stereocenters. The van der Waals surface area contributed by atoms with Crippen molar-refractivity contribution >= 4 is 5.69 Å². The number of nitrogens with two attached hydrogens (primary N) is 1. The van der Waals surface area contributed by atoms with Crippen LogP contribution >= 0.6 is 0 Å². The number of ether oxygens (including phenoxy) is 1. The van der Waals surface area contributed by atoms with Gasteiger partial charge in [0.1, 0.15) is 17.9 Å². The van der Waals surface area contributed by atoms with E-state index in [0.29, 0.717) is 29.7 Å². The second-order valence-corrected chi connectivity index (χ2v) is 5.52. The van der Waals surface area contributed by atoms with Crippen molar-refractivity contribution in [3.8, 4) is 5.75 Å². The van der Waals surface area contributed by atoms with Gasteiger partial charge in [0.15, 0.2) is 0 Å². The van der Waals surface area contributed by atoms with E-state index in [1.54, 1.807) is 6.07 Å². The Bertz CT molecular complexity index is 536. The number of fused-ring (bicyclic) bond motifs is 1. The fourth-order valence-electron chi connectivity index (χ4n) is 3.02. The van der Waals surface area contributed by atoms with Gasteiger partial charge in [0, 0.05) is 19.3 Å². The van der Waals surface area contributed by atoms with Crippen molar-refractivity contribution in [3.63, 3.8) is 0 Å². The highest BCUT2D eigenvalue weighted by atomic mass is 35.5. The number of quaternary nitrogens is 1. The zero-order valence-electron chi connectivity index (χ0n) is 11.9. The van der Waals surface area contributed by atoms with Gasteiger partial charge in [-0.25, -0.2) is 4.85 Å². The van der Waals surface area contributed by atoms with Crippen LogP contribution < -0.4 is 22.5 Å². The van der Waals surface area contributed by atoms with Crippen LogP contribution in [0.3, 0.4) is 0 Å². The summed E-state index contributed by atoms with van der Waals surface area (Å²) in [5.41, 5.74) is 0.940. The van der Waals surface area contributed by atoms with Crippen LogP contribution in [0.5, 0.6) is 5.75 Å². The third kappa shape index (κ3) is 3.11. The number of aliphatic hydroxyl groups excluding tert-OH is 1. The molecule has 0 radical (unpaired) electrons. The molecule has 6 nitrogen and oxygen atoms in total. The lowest BCUT2D eigenvalue weighted by atomic mass is 9.96. The molecule has 3 heterocycles. The first-order valence-corrected chi connectivity index (χ1v) is 6.86. The number of methoxy groups -OCH3 is 1. The SMILES string of the molecule is [C-]#[N+]c1cnc([C@@H](O)CN2CC3C[NH2+]C3C2)cc1OC.[Cl-]. The molecule has 0 aliphatic carbocycles. The van der Waals surface area contributed by atoms with E-state index < -0.39 is 6.10 Å². The zero-order chi connectivity index (χ0) is 14.1. The van der Waals surface area contributed by atoms with Crippen LogP contribution in [0.1, 0.15) is 11.8 Å². The van der Waals surface area contributed by atoms with Crippen molar-refractivity contribution in [1.82, 2.24) is 9.88 Å². The molecule has 3 rings (SSSR count). The maximum absolute atomic E-state index is 10.3. The summed E-state index contributed by atoms with van der Waals surface area (Å²) in [6.45, 7) is 10.9. The highest BCUT2D eigenvalue weighted by Crippen LogP contribution is 2.29. The Balaban J connectivity index is 0.00000161. The van der Waals surface area contributed by atoms with Gasteiger partial charge >= 0.3 is 0 Å². The van der Waals surface area contributed by atoms with E-state index in [9.17, 15) is 5.11 Å². The summed E-state index contributed by atoms with van der Waals surface area (Å²) in [7, 11) is 1.52. The van der Waals surface area contributed by atoms with E-state index >= 15 is 0 Å². The smallest absolute Gasteiger partial charge is 0.245 e. The Morgan fingerprint density at radius 1 is 1.62 bits per heavy atom. The Labute approximate surface area is 130 Å². The molecule has 21 heavy (non-hydrogen) atoms. The number of pyridine rings is 1. The summed E-state index contributed by atoms with van der Waals surface area (Å²) in [6.07, 6.45) is 0.826. The van der Waals surface area contributed by atoms with E-state index in [0.717, 1.165) is 19.0 Å². The van der Waals surface area contributed by atoms with Gasteiger partial charge in [-0.3, -0.25) is 9.88 Å². The number of likely N-dealkylation sites (tertiary alicyclic amines) is 1. The number of hydrogen-bond donors (Lipinski definition) is 2. The topological polar surface area (TPSA) is 66.6 Å². The minimum atomic E-state index is -0.638. The fraction of sp³-hybridized carbons (Fsp3) is 0.571. The van der Waals surface area contributed by atoms with Crippen molar-refractivity contribution in [1.29, 1.82) is 0 Å². The average Bonchev–Trinajstić information content (AvgIpc) is 2.73. The van der Waals surface area contributed by atoms with Gasteiger partial charge in [0.25, 0.3) is 0 Å². The monoisotopic (exact) mass is 310 g/mol. The molecule has 1 aromatic heterocycles. The number of halogens is 1. The predicted molar refractivity (Wildman–Crippen MR) is 72.5 cm³/mol. The van der Waals surface area contributed by atoms with Crippen LogP contribution in [0.4, 0.5) is 5.69 Å². The Morgan fingerprint density at radius 3 is 2.95 bits per heavy atom. The van der Waals surface area contributed by atoms with Gasteiger partial charge in [0.2, 0.25) is 5.69 Å². The number of rotatable bonds is 4. The summed E-state index contributed by atoms with van der Waals surface area (Å²) >= 11 is 0. The van der Waals surface area contributed by atoms with Crippen molar-refractivity contribution in [3.05, 3.63) is 29.4 Å². The third-order valence-corrected chi connectivity index (χ3v) is 4.29. The minimum absolute atomic E-state index is 0. The molecule has 0 amide bonds. The summed E-state index contributed by atoms with van der Waals surface area (Å²) in [6, 6.07) is 2.38. The van der Waals surface area contributed by atoms with Crippen LogP contribution in [0.25, 0.3) is 4.85 Å². The lowest BCUT2D eigenvalue weighted by Gasteiger charge is -2.25. The summed E-state index contributed by atoms with van der Waals surface area (Å²) in [5, 5.41) is 12.7. The maximum atomic E-state index is 10.3. The van der Waals surface area contributed by atoms with Crippen LogP contribution in [0.2, 0.25) is 0 Å². The van der Waals surface area contributed by atoms with Crippen LogP contribution in [0, 0.1) is 12.5 Å². The fourth-order valence-corrected chi connectivity index (χ4v) is 3.02.